The van der Waals surface area contributed by atoms with E-state index in [0.717, 1.165) is 11.3 Å². The SMILES string of the molecule is COc1cccc(CN=C(N)C(C)(C)C)c1. The molecule has 3 heteroatoms. The topological polar surface area (TPSA) is 47.6 Å². The third kappa shape index (κ3) is 3.57. The van der Waals surface area contributed by atoms with Gasteiger partial charge in [0.2, 0.25) is 0 Å². The zero-order valence-corrected chi connectivity index (χ0v) is 10.4. The first-order valence-electron chi connectivity index (χ1n) is 5.37. The first kappa shape index (κ1) is 12.6. The molecule has 0 saturated heterocycles. The Morgan fingerprint density at radius 2 is 2.06 bits per heavy atom. The second kappa shape index (κ2) is 5.01. The Bertz CT molecular complexity index is 378. The molecule has 0 spiro atoms. The summed E-state index contributed by atoms with van der Waals surface area (Å²) in [5, 5.41) is 0. The van der Waals surface area contributed by atoms with E-state index in [1.807, 2.05) is 24.3 Å². The Hall–Kier alpha value is -1.51. The first-order valence-corrected chi connectivity index (χ1v) is 5.37. The molecule has 0 aliphatic heterocycles. The lowest BCUT2D eigenvalue weighted by Gasteiger charge is -2.17. The van der Waals surface area contributed by atoms with Crippen molar-refractivity contribution in [1.29, 1.82) is 0 Å². The molecule has 0 aromatic heterocycles. The van der Waals surface area contributed by atoms with Gasteiger partial charge in [-0.2, -0.15) is 0 Å². The molecule has 0 atom stereocenters. The quantitative estimate of drug-likeness (QED) is 0.628. The van der Waals surface area contributed by atoms with Crippen LogP contribution < -0.4 is 10.5 Å². The van der Waals surface area contributed by atoms with Crippen molar-refractivity contribution in [3.05, 3.63) is 29.8 Å². The van der Waals surface area contributed by atoms with Crippen LogP contribution in [0.2, 0.25) is 0 Å². The van der Waals surface area contributed by atoms with Crippen LogP contribution >= 0.6 is 0 Å². The molecule has 0 fully saturated rings. The Labute approximate surface area is 97.3 Å². The Kier molecular flexibility index (Phi) is 3.93. The summed E-state index contributed by atoms with van der Waals surface area (Å²) >= 11 is 0. The van der Waals surface area contributed by atoms with Crippen LogP contribution in [0, 0.1) is 5.41 Å². The second-order valence-electron chi connectivity index (χ2n) is 4.80. The predicted molar refractivity (Wildman–Crippen MR) is 67.8 cm³/mol. The summed E-state index contributed by atoms with van der Waals surface area (Å²) in [5.74, 6) is 1.53. The molecule has 1 aromatic rings. The van der Waals surface area contributed by atoms with E-state index in [0.29, 0.717) is 12.4 Å². The molecule has 1 aromatic carbocycles. The van der Waals surface area contributed by atoms with E-state index in [1.165, 1.54) is 0 Å². The van der Waals surface area contributed by atoms with Crippen LogP contribution in [-0.2, 0) is 6.54 Å². The van der Waals surface area contributed by atoms with Gasteiger partial charge in [0, 0.05) is 5.41 Å². The summed E-state index contributed by atoms with van der Waals surface area (Å²) in [6.45, 7) is 6.76. The first-order chi connectivity index (χ1) is 7.43. The predicted octanol–water partition coefficient (Wildman–Crippen LogP) is 2.60. The summed E-state index contributed by atoms with van der Waals surface area (Å²) < 4.78 is 5.15. The monoisotopic (exact) mass is 220 g/mol. The molecule has 3 nitrogen and oxygen atoms in total. The molecule has 88 valence electrons. The highest BCUT2D eigenvalue weighted by Crippen LogP contribution is 2.16. The van der Waals surface area contributed by atoms with Gasteiger partial charge in [0.25, 0.3) is 0 Å². The maximum Gasteiger partial charge on any atom is 0.119 e. The van der Waals surface area contributed by atoms with Gasteiger partial charge in [-0.1, -0.05) is 32.9 Å². The lowest BCUT2D eigenvalue weighted by molar-refractivity contribution is 0.414. The summed E-state index contributed by atoms with van der Waals surface area (Å²) in [4.78, 5) is 4.38. The fraction of sp³-hybridized carbons (Fsp3) is 0.462. The third-order valence-corrected chi connectivity index (χ3v) is 2.33. The fourth-order valence-corrected chi connectivity index (χ4v) is 1.18. The molecule has 16 heavy (non-hydrogen) atoms. The highest BCUT2D eigenvalue weighted by molar-refractivity contribution is 5.85. The van der Waals surface area contributed by atoms with Gasteiger partial charge < -0.3 is 10.5 Å². The van der Waals surface area contributed by atoms with E-state index in [2.05, 4.69) is 25.8 Å². The van der Waals surface area contributed by atoms with Crippen LogP contribution in [0.1, 0.15) is 26.3 Å². The molecule has 0 unspecified atom stereocenters. The van der Waals surface area contributed by atoms with Gasteiger partial charge in [-0.05, 0) is 17.7 Å². The number of methoxy groups -OCH3 is 1. The molecular formula is C13H20N2O. The van der Waals surface area contributed by atoms with Gasteiger partial charge in [-0.3, -0.25) is 4.99 Å². The van der Waals surface area contributed by atoms with Crippen LogP contribution in [0.25, 0.3) is 0 Å². The van der Waals surface area contributed by atoms with Crippen LogP contribution in [0.3, 0.4) is 0 Å². The molecule has 0 heterocycles. The average Bonchev–Trinajstić information content (AvgIpc) is 2.25. The van der Waals surface area contributed by atoms with Crippen molar-refractivity contribution in [2.75, 3.05) is 7.11 Å². The lowest BCUT2D eigenvalue weighted by atomic mass is 9.95. The maximum atomic E-state index is 5.89. The number of benzene rings is 1. The fourth-order valence-electron chi connectivity index (χ4n) is 1.18. The van der Waals surface area contributed by atoms with Crippen LogP contribution in [0.5, 0.6) is 5.75 Å². The van der Waals surface area contributed by atoms with Crippen molar-refractivity contribution in [3.8, 4) is 5.75 Å². The largest absolute Gasteiger partial charge is 0.497 e. The lowest BCUT2D eigenvalue weighted by Crippen LogP contribution is -2.28. The normalized spacial score (nSPS) is 12.6. The number of hydrogen-bond donors (Lipinski definition) is 1. The minimum Gasteiger partial charge on any atom is -0.497 e. The van der Waals surface area contributed by atoms with Crippen molar-refractivity contribution < 1.29 is 4.74 Å². The van der Waals surface area contributed by atoms with Crippen molar-refractivity contribution in [2.24, 2.45) is 16.1 Å². The number of hydrogen-bond acceptors (Lipinski definition) is 2. The number of rotatable bonds is 3. The zero-order valence-electron chi connectivity index (χ0n) is 10.4. The number of amidine groups is 1. The van der Waals surface area contributed by atoms with Crippen molar-refractivity contribution in [2.45, 2.75) is 27.3 Å². The summed E-state index contributed by atoms with van der Waals surface area (Å²) in [5.41, 5.74) is 6.92. The number of aliphatic imine (C=N–C) groups is 1. The van der Waals surface area contributed by atoms with E-state index >= 15 is 0 Å². The Morgan fingerprint density at radius 3 is 2.62 bits per heavy atom. The van der Waals surface area contributed by atoms with Crippen LogP contribution in [-0.4, -0.2) is 12.9 Å². The summed E-state index contributed by atoms with van der Waals surface area (Å²) in [6, 6.07) is 7.86. The van der Waals surface area contributed by atoms with E-state index in [9.17, 15) is 0 Å². The molecule has 0 amide bonds. The number of nitrogens with zero attached hydrogens (tertiary/aromatic N) is 1. The van der Waals surface area contributed by atoms with Gasteiger partial charge in [-0.15, -0.1) is 0 Å². The van der Waals surface area contributed by atoms with Crippen LogP contribution in [0.15, 0.2) is 29.3 Å². The smallest absolute Gasteiger partial charge is 0.119 e. The van der Waals surface area contributed by atoms with Crippen molar-refractivity contribution >= 4 is 5.84 Å². The average molecular weight is 220 g/mol. The summed E-state index contributed by atoms with van der Waals surface area (Å²) in [7, 11) is 1.66. The van der Waals surface area contributed by atoms with Crippen molar-refractivity contribution in [3.63, 3.8) is 0 Å². The molecule has 0 aliphatic carbocycles. The maximum absolute atomic E-state index is 5.89. The molecule has 1 rings (SSSR count). The molecular weight excluding hydrogens is 200 g/mol. The third-order valence-electron chi connectivity index (χ3n) is 2.33. The molecule has 0 bridgehead atoms. The standard InChI is InChI=1S/C13H20N2O/c1-13(2,3)12(14)15-9-10-6-5-7-11(8-10)16-4/h5-8H,9H2,1-4H3,(H2,14,15). The van der Waals surface area contributed by atoms with E-state index in [4.69, 9.17) is 10.5 Å². The van der Waals surface area contributed by atoms with E-state index in [1.54, 1.807) is 7.11 Å². The minimum atomic E-state index is -0.0706. The van der Waals surface area contributed by atoms with Crippen molar-refractivity contribution in [1.82, 2.24) is 0 Å². The minimum absolute atomic E-state index is 0.0706. The summed E-state index contributed by atoms with van der Waals surface area (Å²) in [6.07, 6.45) is 0. The molecule has 0 saturated carbocycles. The van der Waals surface area contributed by atoms with Gasteiger partial charge >= 0.3 is 0 Å². The zero-order chi connectivity index (χ0) is 12.2. The molecule has 2 N–H and O–H groups in total. The Balaban J connectivity index is 2.74. The van der Waals surface area contributed by atoms with Gasteiger partial charge in [0.05, 0.1) is 19.5 Å². The number of nitrogens with two attached hydrogens (primary N) is 1. The molecule has 0 aliphatic rings. The molecule has 0 radical (unpaired) electrons. The van der Waals surface area contributed by atoms with E-state index < -0.39 is 0 Å². The van der Waals surface area contributed by atoms with E-state index in [-0.39, 0.29) is 5.41 Å². The van der Waals surface area contributed by atoms with Gasteiger partial charge in [-0.25, -0.2) is 0 Å². The highest BCUT2D eigenvalue weighted by Gasteiger charge is 2.14. The van der Waals surface area contributed by atoms with Gasteiger partial charge in [0.15, 0.2) is 0 Å². The number of ether oxygens (including phenoxy) is 1. The van der Waals surface area contributed by atoms with Crippen LogP contribution in [0.4, 0.5) is 0 Å². The highest BCUT2D eigenvalue weighted by atomic mass is 16.5. The van der Waals surface area contributed by atoms with Gasteiger partial charge in [0.1, 0.15) is 5.75 Å². The Morgan fingerprint density at radius 1 is 1.38 bits per heavy atom. The second-order valence-corrected chi connectivity index (χ2v) is 4.80.